The monoisotopic (exact) mass is 258 g/mol. The van der Waals surface area contributed by atoms with Crippen LogP contribution in [0.25, 0.3) is 0 Å². The van der Waals surface area contributed by atoms with E-state index in [1.165, 1.54) is 0 Å². The van der Waals surface area contributed by atoms with E-state index in [1.807, 2.05) is 0 Å². The first-order valence-corrected chi connectivity index (χ1v) is 5.76. The second kappa shape index (κ2) is 3.78. The first kappa shape index (κ1) is 11.9. The van der Waals surface area contributed by atoms with Crippen LogP contribution in [-0.4, -0.2) is 18.5 Å². The van der Waals surface area contributed by atoms with Crippen LogP contribution in [0.15, 0.2) is 11.1 Å². The van der Waals surface area contributed by atoms with Crippen molar-refractivity contribution in [2.24, 2.45) is 0 Å². The predicted octanol–water partition coefficient (Wildman–Crippen LogP) is 1.23. The van der Waals surface area contributed by atoms with E-state index in [0.29, 0.717) is 6.07 Å². The quantitative estimate of drug-likeness (QED) is 0.779. The number of hydrogen-bond acceptors (Lipinski definition) is 5. The number of nitrogens with zero attached hydrogens (tertiary/aromatic N) is 1. The Bertz CT molecular complexity index is 491. The zero-order chi connectivity index (χ0) is 11.8. The zero-order valence-corrected chi connectivity index (χ0v) is 8.56. The van der Waals surface area contributed by atoms with Crippen molar-refractivity contribution in [2.75, 3.05) is 5.73 Å². The molecular weight excluding hydrogens is 254 g/mol. The predicted molar refractivity (Wildman–Crippen MR) is 48.3 cm³/mol. The van der Waals surface area contributed by atoms with E-state index < -0.39 is 37.6 Å². The smallest absolute Gasteiger partial charge is 0.282 e. The Kier molecular flexibility index (Phi) is 3.00. The molecule has 0 spiro atoms. The third-order valence-electron chi connectivity index (χ3n) is 1.50. The van der Waals surface area contributed by atoms with E-state index in [2.05, 4.69) is 4.98 Å². The minimum atomic E-state index is -4.31. The Morgan fingerprint density at radius 2 is 2.07 bits per heavy atom. The third-order valence-corrected chi connectivity index (χ3v) is 2.70. The molecule has 0 aliphatic carbocycles. The maximum atomic E-state index is 12.2. The van der Waals surface area contributed by atoms with Gasteiger partial charge in [0.1, 0.15) is 5.82 Å². The number of aromatic nitrogens is 1. The molecule has 0 unspecified atom stereocenters. The first-order valence-electron chi connectivity index (χ1n) is 3.45. The van der Waals surface area contributed by atoms with Crippen molar-refractivity contribution in [3.8, 4) is 5.75 Å². The number of rotatable bonds is 2. The lowest BCUT2D eigenvalue weighted by Gasteiger charge is -2.06. The van der Waals surface area contributed by atoms with E-state index in [0.717, 1.165) is 0 Å². The number of nitrogens with two attached hydrogens (primary N) is 1. The van der Waals surface area contributed by atoms with Crippen molar-refractivity contribution >= 4 is 25.6 Å². The summed E-state index contributed by atoms with van der Waals surface area (Å²) in [4.78, 5) is 3.09. The van der Waals surface area contributed by atoms with E-state index in [1.54, 1.807) is 0 Å². The minimum absolute atomic E-state index is 0.516. The van der Waals surface area contributed by atoms with Crippen LogP contribution in [0.4, 0.5) is 14.6 Å². The van der Waals surface area contributed by atoms with Gasteiger partial charge in [-0.05, 0) is 6.07 Å². The van der Waals surface area contributed by atoms with E-state index in [4.69, 9.17) is 21.5 Å². The number of pyridine rings is 1. The molecule has 84 valence electrons. The lowest BCUT2D eigenvalue weighted by molar-refractivity contribution is 0.151. The highest BCUT2D eigenvalue weighted by Gasteiger charge is 2.23. The number of halogens is 3. The molecule has 0 atom stereocenters. The van der Waals surface area contributed by atoms with Gasteiger partial charge in [-0.1, -0.05) is 0 Å². The van der Waals surface area contributed by atoms with Crippen LogP contribution in [-0.2, 0) is 9.05 Å². The second-order valence-corrected chi connectivity index (χ2v) is 5.01. The van der Waals surface area contributed by atoms with Crippen LogP contribution < -0.4 is 5.73 Å². The Balaban J connectivity index is 3.46. The van der Waals surface area contributed by atoms with Gasteiger partial charge < -0.3 is 10.8 Å². The van der Waals surface area contributed by atoms with Gasteiger partial charge in [0.15, 0.2) is 5.75 Å². The highest BCUT2D eigenvalue weighted by Crippen LogP contribution is 2.32. The normalized spacial score (nSPS) is 12.0. The highest BCUT2D eigenvalue weighted by molar-refractivity contribution is 8.13. The summed E-state index contributed by atoms with van der Waals surface area (Å²) in [5, 5.41) is 8.15. The van der Waals surface area contributed by atoms with E-state index >= 15 is 0 Å². The molecule has 0 bridgehead atoms. The van der Waals surface area contributed by atoms with Crippen molar-refractivity contribution in [1.82, 2.24) is 4.98 Å². The summed E-state index contributed by atoms with van der Waals surface area (Å²) >= 11 is 0. The van der Waals surface area contributed by atoms with Crippen molar-refractivity contribution < 1.29 is 22.3 Å². The molecule has 5 nitrogen and oxygen atoms in total. The molecule has 0 aliphatic heterocycles. The van der Waals surface area contributed by atoms with Crippen LogP contribution in [0.3, 0.4) is 0 Å². The van der Waals surface area contributed by atoms with Crippen molar-refractivity contribution in [1.29, 1.82) is 0 Å². The third kappa shape index (κ3) is 2.45. The molecule has 15 heavy (non-hydrogen) atoms. The molecule has 3 N–H and O–H groups in total. The van der Waals surface area contributed by atoms with Gasteiger partial charge >= 0.3 is 0 Å². The van der Waals surface area contributed by atoms with Gasteiger partial charge in [0, 0.05) is 10.7 Å². The molecule has 0 saturated carbocycles. The molecule has 1 aromatic heterocycles. The summed E-state index contributed by atoms with van der Waals surface area (Å²) < 4.78 is 46.0. The zero-order valence-electron chi connectivity index (χ0n) is 6.99. The van der Waals surface area contributed by atoms with Gasteiger partial charge in [0.2, 0.25) is 5.03 Å². The molecule has 0 aromatic carbocycles. The Hall–Kier alpha value is -1.15. The van der Waals surface area contributed by atoms with Gasteiger partial charge in [-0.15, -0.1) is 0 Å². The van der Waals surface area contributed by atoms with Crippen LogP contribution in [0.2, 0.25) is 0 Å². The molecule has 0 aliphatic rings. The average Bonchev–Trinajstić information content (AvgIpc) is 2.06. The summed E-state index contributed by atoms with van der Waals surface area (Å²) in [6, 6.07) is 0.516. The van der Waals surface area contributed by atoms with Gasteiger partial charge in [-0.3, -0.25) is 0 Å². The largest absolute Gasteiger partial charge is 0.505 e. The van der Waals surface area contributed by atoms with Gasteiger partial charge in [-0.25, -0.2) is 22.2 Å². The summed E-state index contributed by atoms with van der Waals surface area (Å²) in [6.45, 7) is 0. The van der Waals surface area contributed by atoms with Gasteiger partial charge in [-0.2, -0.15) is 0 Å². The molecule has 1 rings (SSSR count). The lowest BCUT2D eigenvalue weighted by atomic mass is 10.2. The summed E-state index contributed by atoms with van der Waals surface area (Å²) in [7, 11) is 0.562. The average molecular weight is 259 g/mol. The fourth-order valence-corrected chi connectivity index (χ4v) is 1.73. The Morgan fingerprint density at radius 3 is 2.47 bits per heavy atom. The van der Waals surface area contributed by atoms with Crippen molar-refractivity contribution in [3.05, 3.63) is 11.6 Å². The van der Waals surface area contributed by atoms with Crippen LogP contribution >= 0.6 is 10.7 Å². The molecule has 0 fully saturated rings. The van der Waals surface area contributed by atoms with Crippen molar-refractivity contribution in [3.63, 3.8) is 0 Å². The molecule has 1 heterocycles. The molecule has 1 aromatic rings. The van der Waals surface area contributed by atoms with Gasteiger partial charge in [0.05, 0.1) is 5.56 Å². The number of nitrogen functional groups attached to an aromatic ring is 1. The van der Waals surface area contributed by atoms with E-state index in [-0.39, 0.29) is 0 Å². The topological polar surface area (TPSA) is 93.3 Å². The fourth-order valence-electron chi connectivity index (χ4n) is 0.868. The molecule has 9 heteroatoms. The van der Waals surface area contributed by atoms with E-state index in [9.17, 15) is 17.2 Å². The Morgan fingerprint density at radius 1 is 1.53 bits per heavy atom. The highest BCUT2D eigenvalue weighted by atomic mass is 35.7. The van der Waals surface area contributed by atoms with Crippen LogP contribution in [0.5, 0.6) is 5.75 Å². The number of alkyl halides is 2. The van der Waals surface area contributed by atoms with Gasteiger partial charge in [0.25, 0.3) is 15.5 Å². The standard InChI is InChI=1S/C6H5ClF2N2O3S/c7-15(13,14)6-3(12)1-2(4(8)9)5(10)11-6/h1,4,12H,(H2,10,11). The van der Waals surface area contributed by atoms with Crippen LogP contribution in [0, 0.1) is 0 Å². The molecule has 0 amide bonds. The molecule has 0 saturated heterocycles. The number of hydrogen-bond donors (Lipinski definition) is 2. The minimum Gasteiger partial charge on any atom is -0.505 e. The maximum absolute atomic E-state index is 12.2. The SMILES string of the molecule is Nc1nc(S(=O)(=O)Cl)c(O)cc1C(F)F. The molecule has 0 radical (unpaired) electrons. The fraction of sp³-hybridized carbons (Fsp3) is 0.167. The summed E-state index contributed by atoms with van der Waals surface area (Å²) in [5.41, 5.74) is 4.31. The second-order valence-electron chi connectivity index (χ2n) is 2.53. The first-order chi connectivity index (χ1) is 6.73. The number of anilines is 1. The maximum Gasteiger partial charge on any atom is 0.282 e. The number of aromatic hydroxyl groups is 1. The van der Waals surface area contributed by atoms with Crippen LogP contribution in [0.1, 0.15) is 12.0 Å². The Labute approximate surface area is 87.9 Å². The lowest BCUT2D eigenvalue weighted by Crippen LogP contribution is -2.04. The summed E-state index contributed by atoms with van der Waals surface area (Å²) in [6.07, 6.45) is -2.96. The molecular formula is C6H5ClF2N2O3S. The summed E-state index contributed by atoms with van der Waals surface area (Å²) in [5.74, 6) is -1.66. The van der Waals surface area contributed by atoms with Crippen molar-refractivity contribution in [2.45, 2.75) is 11.5 Å².